The van der Waals surface area contributed by atoms with Gasteiger partial charge in [-0.1, -0.05) is 6.07 Å². The first-order chi connectivity index (χ1) is 13.7. The molecule has 0 amide bonds. The third-order valence-electron chi connectivity index (χ3n) is 5.08. The molecule has 0 radical (unpaired) electrons. The molecule has 0 aliphatic carbocycles. The first kappa shape index (κ1) is 20.5. The van der Waals surface area contributed by atoms with Crippen LogP contribution in [0.5, 0.6) is 0 Å². The Labute approximate surface area is 174 Å². The predicted octanol–water partition coefficient (Wildman–Crippen LogP) is 4.09. The number of esters is 1. The van der Waals surface area contributed by atoms with Gasteiger partial charge >= 0.3 is 5.97 Å². The third-order valence-corrected chi connectivity index (χ3v) is 5.38. The SMILES string of the molecule is COC(=O)C1=C(C)N(c2ccc(C)c(C)c2)C(=S)N[C@H]1c1ccc([N+](=O)[O-])cc1. The van der Waals surface area contributed by atoms with Crippen LogP contribution in [-0.2, 0) is 9.53 Å². The second kappa shape index (κ2) is 8.00. The summed E-state index contributed by atoms with van der Waals surface area (Å²) in [5.74, 6) is -0.491. The minimum absolute atomic E-state index is 0.0239. The van der Waals surface area contributed by atoms with E-state index in [9.17, 15) is 14.9 Å². The summed E-state index contributed by atoms with van der Waals surface area (Å²) in [6.07, 6.45) is 0. The van der Waals surface area contributed by atoms with Gasteiger partial charge in [0.05, 0.1) is 23.6 Å². The Bertz CT molecular complexity index is 1030. The van der Waals surface area contributed by atoms with Gasteiger partial charge < -0.3 is 10.1 Å². The number of rotatable bonds is 4. The summed E-state index contributed by atoms with van der Waals surface area (Å²) in [5, 5.41) is 14.6. The largest absolute Gasteiger partial charge is 0.466 e. The highest BCUT2D eigenvalue weighted by Crippen LogP contribution is 2.35. The van der Waals surface area contributed by atoms with E-state index in [1.54, 1.807) is 17.0 Å². The van der Waals surface area contributed by atoms with Crippen LogP contribution in [-0.4, -0.2) is 23.1 Å². The van der Waals surface area contributed by atoms with Gasteiger partial charge in [-0.3, -0.25) is 15.0 Å². The lowest BCUT2D eigenvalue weighted by atomic mass is 9.94. The molecule has 0 aromatic heterocycles. The van der Waals surface area contributed by atoms with Gasteiger partial charge in [-0.05, 0) is 73.9 Å². The number of ether oxygens (including phenoxy) is 1. The lowest BCUT2D eigenvalue weighted by Gasteiger charge is -2.37. The average Bonchev–Trinajstić information content (AvgIpc) is 2.69. The normalized spacial score (nSPS) is 16.5. The van der Waals surface area contributed by atoms with E-state index in [-0.39, 0.29) is 5.69 Å². The van der Waals surface area contributed by atoms with Gasteiger partial charge in [-0.15, -0.1) is 0 Å². The fourth-order valence-electron chi connectivity index (χ4n) is 3.33. The molecule has 1 N–H and O–H groups in total. The Morgan fingerprint density at radius 1 is 1.14 bits per heavy atom. The highest BCUT2D eigenvalue weighted by Gasteiger charge is 2.35. The molecule has 1 atom stereocenters. The molecule has 8 heteroatoms. The van der Waals surface area contributed by atoms with Crippen LogP contribution in [0.25, 0.3) is 0 Å². The molecule has 0 spiro atoms. The number of hydrogen-bond acceptors (Lipinski definition) is 5. The van der Waals surface area contributed by atoms with E-state index >= 15 is 0 Å². The number of nitro groups is 1. The van der Waals surface area contributed by atoms with Crippen LogP contribution in [0.1, 0.15) is 29.7 Å². The fourth-order valence-corrected chi connectivity index (χ4v) is 3.69. The van der Waals surface area contributed by atoms with Crippen molar-refractivity contribution in [3.05, 3.63) is 80.5 Å². The van der Waals surface area contributed by atoms with Crippen molar-refractivity contribution in [3.8, 4) is 0 Å². The molecule has 2 aromatic rings. The van der Waals surface area contributed by atoms with Gasteiger partial charge in [-0.25, -0.2) is 4.79 Å². The summed E-state index contributed by atoms with van der Waals surface area (Å²) < 4.78 is 5.02. The van der Waals surface area contributed by atoms with Gasteiger partial charge in [0, 0.05) is 23.5 Å². The minimum atomic E-state index is -0.571. The molecule has 0 fully saturated rings. The number of thiocarbonyl (C=S) groups is 1. The number of carbonyl (C=O) groups excluding carboxylic acids is 1. The maximum Gasteiger partial charge on any atom is 0.337 e. The lowest BCUT2D eigenvalue weighted by molar-refractivity contribution is -0.384. The van der Waals surface area contributed by atoms with E-state index in [2.05, 4.69) is 5.32 Å². The van der Waals surface area contributed by atoms with Crippen LogP contribution in [0, 0.1) is 24.0 Å². The number of aryl methyl sites for hydroxylation is 2. The zero-order chi connectivity index (χ0) is 21.3. The van der Waals surface area contributed by atoms with E-state index in [1.807, 2.05) is 39.0 Å². The molecule has 7 nitrogen and oxygen atoms in total. The molecule has 0 saturated heterocycles. The molecule has 1 aliphatic heterocycles. The van der Waals surface area contributed by atoms with E-state index in [0.717, 1.165) is 16.8 Å². The molecule has 1 aliphatic rings. The van der Waals surface area contributed by atoms with Crippen molar-refractivity contribution in [3.63, 3.8) is 0 Å². The van der Waals surface area contributed by atoms with Gasteiger partial charge in [0.2, 0.25) is 0 Å². The zero-order valence-corrected chi connectivity index (χ0v) is 17.4. The number of allylic oxidation sites excluding steroid dienone is 1. The molecule has 2 aromatic carbocycles. The third kappa shape index (κ3) is 3.84. The van der Waals surface area contributed by atoms with Crippen LogP contribution in [0.4, 0.5) is 11.4 Å². The van der Waals surface area contributed by atoms with Crippen molar-refractivity contribution in [2.45, 2.75) is 26.8 Å². The Morgan fingerprint density at radius 2 is 1.79 bits per heavy atom. The topological polar surface area (TPSA) is 84.7 Å². The average molecular weight is 411 g/mol. The summed E-state index contributed by atoms with van der Waals surface area (Å²) in [6, 6.07) is 11.4. The minimum Gasteiger partial charge on any atom is -0.466 e. The van der Waals surface area contributed by atoms with Crippen molar-refractivity contribution >= 4 is 34.7 Å². The number of non-ortho nitro benzene ring substituents is 1. The highest BCUT2D eigenvalue weighted by atomic mass is 32.1. The monoisotopic (exact) mass is 411 g/mol. The van der Waals surface area contributed by atoms with Gasteiger partial charge in [0.1, 0.15) is 0 Å². The summed E-state index contributed by atoms with van der Waals surface area (Å²) in [7, 11) is 1.32. The number of methoxy groups -OCH3 is 1. The molecule has 1 heterocycles. The quantitative estimate of drug-likeness (QED) is 0.351. The van der Waals surface area contributed by atoms with E-state index in [0.29, 0.717) is 21.9 Å². The predicted molar refractivity (Wildman–Crippen MR) is 115 cm³/mol. The van der Waals surface area contributed by atoms with Gasteiger partial charge in [0.25, 0.3) is 5.69 Å². The molecule has 0 bridgehead atoms. The molecule has 29 heavy (non-hydrogen) atoms. The fraction of sp³-hybridized carbons (Fsp3) is 0.238. The number of nitro benzene ring substituents is 1. The zero-order valence-electron chi connectivity index (χ0n) is 16.6. The van der Waals surface area contributed by atoms with Crippen molar-refractivity contribution in [1.29, 1.82) is 0 Å². The molecule has 0 saturated carbocycles. The maximum atomic E-state index is 12.6. The van der Waals surface area contributed by atoms with Crippen molar-refractivity contribution in [2.24, 2.45) is 0 Å². The van der Waals surface area contributed by atoms with E-state index < -0.39 is 16.9 Å². The number of carbonyl (C=O) groups is 1. The number of anilines is 1. The Morgan fingerprint density at radius 3 is 2.34 bits per heavy atom. The van der Waals surface area contributed by atoms with E-state index in [1.165, 1.54) is 19.2 Å². The van der Waals surface area contributed by atoms with Gasteiger partial charge in [-0.2, -0.15) is 0 Å². The van der Waals surface area contributed by atoms with Crippen LogP contribution in [0.3, 0.4) is 0 Å². The van der Waals surface area contributed by atoms with Crippen LogP contribution in [0.15, 0.2) is 53.7 Å². The molecule has 3 rings (SSSR count). The standard InChI is InChI=1S/C21H21N3O4S/c1-12-5-8-17(11-13(12)2)23-14(3)18(20(25)28-4)19(22-21(23)29)15-6-9-16(10-7-15)24(26)27/h5-11,19H,1-4H3,(H,22,29)/t19-/m0/s1. The van der Waals surface area contributed by atoms with Crippen molar-refractivity contribution in [1.82, 2.24) is 5.32 Å². The number of nitrogens with one attached hydrogen (secondary N) is 1. The first-order valence-corrected chi connectivity index (χ1v) is 9.36. The second-order valence-corrected chi connectivity index (χ2v) is 7.21. The van der Waals surface area contributed by atoms with Crippen LogP contribution >= 0.6 is 12.2 Å². The van der Waals surface area contributed by atoms with Crippen molar-refractivity contribution in [2.75, 3.05) is 12.0 Å². The Kier molecular flexibility index (Phi) is 5.65. The summed E-state index contributed by atoms with van der Waals surface area (Å²) in [5.41, 5.74) is 4.80. The van der Waals surface area contributed by atoms with Crippen LogP contribution < -0.4 is 10.2 Å². The lowest BCUT2D eigenvalue weighted by Crippen LogP contribution is -2.48. The Hall–Kier alpha value is -3.26. The summed E-state index contributed by atoms with van der Waals surface area (Å²) in [4.78, 5) is 24.9. The number of hydrogen-bond donors (Lipinski definition) is 1. The molecule has 0 unspecified atom stereocenters. The van der Waals surface area contributed by atoms with Crippen molar-refractivity contribution < 1.29 is 14.5 Å². The number of nitrogens with zero attached hydrogens (tertiary/aromatic N) is 2. The van der Waals surface area contributed by atoms with Crippen LogP contribution in [0.2, 0.25) is 0 Å². The smallest absolute Gasteiger partial charge is 0.337 e. The molecular weight excluding hydrogens is 390 g/mol. The number of benzene rings is 2. The Balaban J connectivity index is 2.11. The highest BCUT2D eigenvalue weighted by molar-refractivity contribution is 7.80. The molecule has 150 valence electrons. The van der Waals surface area contributed by atoms with E-state index in [4.69, 9.17) is 17.0 Å². The molecular formula is C21H21N3O4S. The van der Waals surface area contributed by atoms with Gasteiger partial charge in [0.15, 0.2) is 5.11 Å². The maximum absolute atomic E-state index is 12.6. The summed E-state index contributed by atoms with van der Waals surface area (Å²) >= 11 is 5.60. The second-order valence-electron chi connectivity index (χ2n) is 6.83. The first-order valence-electron chi connectivity index (χ1n) is 8.96. The summed E-state index contributed by atoms with van der Waals surface area (Å²) in [6.45, 7) is 5.85.